The van der Waals surface area contributed by atoms with E-state index in [1.165, 1.54) is 23.1 Å². The minimum atomic E-state index is -0.528. The monoisotopic (exact) mass is 273 g/mol. The number of aromatic amines is 1. The van der Waals surface area contributed by atoms with E-state index in [0.29, 0.717) is 10.9 Å². The Kier molecular flexibility index (Phi) is 3.61. The zero-order valence-electron chi connectivity index (χ0n) is 10.7. The molecular formula is C12H11N5O3. The summed E-state index contributed by atoms with van der Waals surface area (Å²) < 4.78 is 0. The van der Waals surface area contributed by atoms with E-state index in [9.17, 15) is 14.9 Å². The first-order chi connectivity index (χ1) is 9.54. The van der Waals surface area contributed by atoms with Crippen molar-refractivity contribution in [3.05, 3.63) is 34.0 Å². The molecule has 0 bridgehead atoms. The molecule has 0 radical (unpaired) electrons. The van der Waals surface area contributed by atoms with Crippen LogP contribution in [-0.2, 0) is 0 Å². The van der Waals surface area contributed by atoms with Gasteiger partial charge in [-0.2, -0.15) is 10.4 Å². The van der Waals surface area contributed by atoms with Gasteiger partial charge in [0, 0.05) is 31.1 Å². The number of nitriles is 1. The number of nitro groups is 1. The van der Waals surface area contributed by atoms with Crippen molar-refractivity contribution in [1.29, 1.82) is 5.26 Å². The van der Waals surface area contributed by atoms with Gasteiger partial charge in [-0.3, -0.25) is 20.0 Å². The summed E-state index contributed by atoms with van der Waals surface area (Å²) >= 11 is 0. The van der Waals surface area contributed by atoms with Crippen LogP contribution in [-0.4, -0.2) is 39.5 Å². The predicted molar refractivity (Wildman–Crippen MR) is 69.9 cm³/mol. The molecule has 0 aliphatic carbocycles. The van der Waals surface area contributed by atoms with E-state index in [-0.39, 0.29) is 30.3 Å². The summed E-state index contributed by atoms with van der Waals surface area (Å²) in [5, 5.41) is 26.2. The van der Waals surface area contributed by atoms with Crippen molar-refractivity contribution in [1.82, 2.24) is 15.1 Å². The standard InChI is InChI=1S/C12H11N5O3/c1-16(6-2-5-13)12(18)11-9-7-8(17(19)20)3-4-10(9)14-15-11/h3-4,7H,2,6H2,1H3,(H,14,15). The molecule has 1 heterocycles. The Hall–Kier alpha value is -2.95. The highest BCUT2D eigenvalue weighted by Gasteiger charge is 2.19. The summed E-state index contributed by atoms with van der Waals surface area (Å²) in [6.07, 6.45) is 0.213. The molecule has 2 rings (SSSR count). The number of hydrogen-bond acceptors (Lipinski definition) is 5. The van der Waals surface area contributed by atoms with Crippen molar-refractivity contribution in [2.75, 3.05) is 13.6 Å². The number of fused-ring (bicyclic) bond motifs is 1. The number of aromatic nitrogens is 2. The first-order valence-corrected chi connectivity index (χ1v) is 5.79. The van der Waals surface area contributed by atoms with Crippen molar-refractivity contribution < 1.29 is 9.72 Å². The van der Waals surface area contributed by atoms with Gasteiger partial charge in [0.2, 0.25) is 0 Å². The van der Waals surface area contributed by atoms with Crippen LogP contribution in [0.4, 0.5) is 5.69 Å². The number of amides is 1. The van der Waals surface area contributed by atoms with E-state index in [1.807, 2.05) is 6.07 Å². The maximum atomic E-state index is 12.2. The highest BCUT2D eigenvalue weighted by molar-refractivity contribution is 6.05. The number of benzene rings is 1. The van der Waals surface area contributed by atoms with Crippen molar-refractivity contribution >= 4 is 22.5 Å². The molecule has 20 heavy (non-hydrogen) atoms. The molecule has 8 nitrogen and oxygen atoms in total. The van der Waals surface area contributed by atoms with E-state index < -0.39 is 4.92 Å². The van der Waals surface area contributed by atoms with Crippen LogP contribution in [0.15, 0.2) is 18.2 Å². The van der Waals surface area contributed by atoms with Crippen molar-refractivity contribution in [3.8, 4) is 6.07 Å². The molecule has 102 valence electrons. The lowest BCUT2D eigenvalue weighted by atomic mass is 10.1. The smallest absolute Gasteiger partial charge is 0.274 e. The molecule has 0 saturated carbocycles. The Morgan fingerprint density at radius 1 is 1.60 bits per heavy atom. The number of H-pyrrole nitrogens is 1. The Bertz CT molecular complexity index is 715. The molecule has 0 spiro atoms. The average Bonchev–Trinajstić information content (AvgIpc) is 2.86. The molecule has 0 fully saturated rings. The summed E-state index contributed by atoms with van der Waals surface area (Å²) in [6, 6.07) is 6.11. The minimum Gasteiger partial charge on any atom is -0.339 e. The fraction of sp³-hybridized carbons (Fsp3) is 0.250. The molecule has 8 heteroatoms. The third kappa shape index (κ3) is 2.42. The minimum absolute atomic E-state index is 0.104. The van der Waals surface area contributed by atoms with E-state index in [0.717, 1.165) is 0 Å². The second kappa shape index (κ2) is 5.36. The van der Waals surface area contributed by atoms with Crippen molar-refractivity contribution in [2.24, 2.45) is 0 Å². The van der Waals surface area contributed by atoms with Crippen LogP contribution in [0.2, 0.25) is 0 Å². The van der Waals surface area contributed by atoms with E-state index in [1.54, 1.807) is 7.05 Å². The average molecular weight is 273 g/mol. The molecule has 0 atom stereocenters. The Morgan fingerprint density at radius 3 is 3.00 bits per heavy atom. The van der Waals surface area contributed by atoms with E-state index in [4.69, 9.17) is 5.26 Å². The first kappa shape index (κ1) is 13.5. The van der Waals surface area contributed by atoms with Gasteiger partial charge in [0.15, 0.2) is 5.69 Å². The molecule has 0 aliphatic rings. The van der Waals surface area contributed by atoms with E-state index >= 15 is 0 Å². The van der Waals surface area contributed by atoms with Crippen LogP contribution in [0, 0.1) is 21.4 Å². The third-order valence-corrected chi connectivity index (χ3v) is 2.87. The van der Waals surface area contributed by atoms with Gasteiger partial charge in [-0.25, -0.2) is 0 Å². The van der Waals surface area contributed by atoms with Crippen molar-refractivity contribution in [3.63, 3.8) is 0 Å². The van der Waals surface area contributed by atoms with E-state index in [2.05, 4.69) is 10.2 Å². The van der Waals surface area contributed by atoms with Crippen molar-refractivity contribution in [2.45, 2.75) is 6.42 Å². The van der Waals surface area contributed by atoms with Gasteiger partial charge in [0.1, 0.15) is 0 Å². The zero-order chi connectivity index (χ0) is 14.7. The van der Waals surface area contributed by atoms with Gasteiger partial charge in [0.25, 0.3) is 11.6 Å². The quantitative estimate of drug-likeness (QED) is 0.668. The maximum absolute atomic E-state index is 12.2. The number of hydrogen-bond donors (Lipinski definition) is 1. The number of nitro benzene ring substituents is 1. The van der Waals surface area contributed by atoms with Crippen LogP contribution in [0.1, 0.15) is 16.9 Å². The number of carbonyl (C=O) groups excluding carboxylic acids is 1. The molecular weight excluding hydrogens is 262 g/mol. The van der Waals surface area contributed by atoms with Crippen LogP contribution >= 0.6 is 0 Å². The van der Waals surface area contributed by atoms with Gasteiger partial charge in [-0.05, 0) is 6.07 Å². The van der Waals surface area contributed by atoms with Gasteiger partial charge in [-0.1, -0.05) is 0 Å². The number of nitrogens with one attached hydrogen (secondary N) is 1. The van der Waals surface area contributed by atoms with Crippen LogP contribution in [0.5, 0.6) is 0 Å². The fourth-order valence-corrected chi connectivity index (χ4v) is 1.78. The molecule has 0 aliphatic heterocycles. The number of nitrogens with zero attached hydrogens (tertiary/aromatic N) is 4. The lowest BCUT2D eigenvalue weighted by Crippen LogP contribution is -2.28. The number of non-ortho nitro benzene ring substituents is 1. The molecule has 2 aromatic rings. The molecule has 0 unspecified atom stereocenters. The lowest BCUT2D eigenvalue weighted by Gasteiger charge is -2.13. The summed E-state index contributed by atoms with van der Waals surface area (Å²) in [5.74, 6) is -0.382. The van der Waals surface area contributed by atoms with Crippen LogP contribution in [0.25, 0.3) is 10.9 Å². The molecule has 1 amide bonds. The normalized spacial score (nSPS) is 10.2. The molecule has 0 saturated heterocycles. The topological polar surface area (TPSA) is 116 Å². The lowest BCUT2D eigenvalue weighted by molar-refractivity contribution is -0.384. The summed E-state index contributed by atoms with van der Waals surface area (Å²) in [4.78, 5) is 23.8. The fourth-order valence-electron chi connectivity index (χ4n) is 1.78. The van der Waals surface area contributed by atoms with Crippen LogP contribution in [0.3, 0.4) is 0 Å². The van der Waals surface area contributed by atoms with Gasteiger partial charge < -0.3 is 4.90 Å². The summed E-state index contributed by atoms with van der Waals surface area (Å²) in [7, 11) is 1.55. The second-order valence-corrected chi connectivity index (χ2v) is 4.19. The highest BCUT2D eigenvalue weighted by atomic mass is 16.6. The largest absolute Gasteiger partial charge is 0.339 e. The molecule has 1 N–H and O–H groups in total. The number of rotatable bonds is 4. The Balaban J connectivity index is 2.39. The van der Waals surface area contributed by atoms with Gasteiger partial charge in [0.05, 0.1) is 22.9 Å². The Labute approximate surface area is 113 Å². The molecule has 1 aromatic carbocycles. The predicted octanol–water partition coefficient (Wildman–Crippen LogP) is 1.46. The first-order valence-electron chi connectivity index (χ1n) is 5.79. The van der Waals surface area contributed by atoms with Crippen LogP contribution < -0.4 is 0 Å². The summed E-state index contributed by atoms with van der Waals surface area (Å²) in [6.45, 7) is 0.276. The number of carbonyl (C=O) groups is 1. The Morgan fingerprint density at radius 2 is 2.35 bits per heavy atom. The van der Waals surface area contributed by atoms with Gasteiger partial charge in [-0.15, -0.1) is 0 Å². The van der Waals surface area contributed by atoms with Gasteiger partial charge >= 0.3 is 0 Å². The highest BCUT2D eigenvalue weighted by Crippen LogP contribution is 2.22. The zero-order valence-corrected chi connectivity index (χ0v) is 10.7. The second-order valence-electron chi connectivity index (χ2n) is 4.19. The molecule has 1 aromatic heterocycles. The maximum Gasteiger partial charge on any atom is 0.274 e. The third-order valence-electron chi connectivity index (χ3n) is 2.87. The SMILES string of the molecule is CN(CCC#N)C(=O)c1n[nH]c2ccc([N+](=O)[O-])cc12. The summed E-state index contributed by atoms with van der Waals surface area (Å²) in [5.41, 5.74) is 0.560.